The molecule has 1 aliphatic heterocycles. The molecule has 0 radical (unpaired) electrons. The quantitative estimate of drug-likeness (QED) is 0.787. The first-order chi connectivity index (χ1) is 10.8. The second-order valence-corrected chi connectivity index (χ2v) is 8.30. The molecule has 0 aliphatic carbocycles. The van der Waals surface area contributed by atoms with Gasteiger partial charge in [0.15, 0.2) is 9.84 Å². The van der Waals surface area contributed by atoms with Crippen LogP contribution in [0.2, 0.25) is 0 Å². The van der Waals surface area contributed by atoms with Crippen LogP contribution in [0.4, 0.5) is 0 Å². The molecule has 1 aromatic rings. The molecule has 0 aromatic heterocycles. The molecule has 7 heteroatoms. The maximum absolute atomic E-state index is 11.9. The molecule has 6 nitrogen and oxygen atoms in total. The van der Waals surface area contributed by atoms with Gasteiger partial charge in [0, 0.05) is 12.6 Å². The van der Waals surface area contributed by atoms with Crippen LogP contribution >= 0.6 is 0 Å². The minimum atomic E-state index is -2.97. The van der Waals surface area contributed by atoms with Crippen LogP contribution in [0.3, 0.4) is 0 Å². The van der Waals surface area contributed by atoms with Crippen molar-refractivity contribution in [1.29, 1.82) is 0 Å². The lowest BCUT2D eigenvalue weighted by molar-refractivity contribution is -0.122. The number of carbonyl (C=O) groups excluding carboxylic acids is 1. The van der Waals surface area contributed by atoms with Crippen LogP contribution in [0.5, 0.6) is 5.75 Å². The maximum Gasteiger partial charge on any atom is 0.234 e. The van der Waals surface area contributed by atoms with E-state index in [1.165, 1.54) is 5.56 Å². The Morgan fingerprint density at radius 2 is 2.04 bits per heavy atom. The van der Waals surface area contributed by atoms with Crippen LogP contribution in [0, 0.1) is 6.92 Å². The van der Waals surface area contributed by atoms with Crippen molar-refractivity contribution in [3.63, 3.8) is 0 Å². The average Bonchev–Trinajstić information content (AvgIpc) is 2.79. The van der Waals surface area contributed by atoms with Crippen LogP contribution in [-0.2, 0) is 14.6 Å². The number of likely N-dealkylation sites (N-methyl/N-ethyl adjacent to an activating group) is 1. The van der Waals surface area contributed by atoms with Crippen molar-refractivity contribution in [3.05, 3.63) is 29.8 Å². The van der Waals surface area contributed by atoms with E-state index in [-0.39, 0.29) is 30.0 Å². The minimum Gasteiger partial charge on any atom is -0.492 e. The summed E-state index contributed by atoms with van der Waals surface area (Å²) in [7, 11) is -1.13. The first-order valence-electron chi connectivity index (χ1n) is 7.72. The smallest absolute Gasteiger partial charge is 0.234 e. The zero-order valence-corrected chi connectivity index (χ0v) is 14.4. The number of nitrogens with one attached hydrogen (secondary N) is 1. The van der Waals surface area contributed by atoms with Crippen molar-refractivity contribution in [2.75, 3.05) is 38.2 Å². The Labute approximate surface area is 137 Å². The van der Waals surface area contributed by atoms with Crippen molar-refractivity contribution in [1.82, 2.24) is 10.2 Å². The van der Waals surface area contributed by atoms with Crippen LogP contribution < -0.4 is 10.1 Å². The Kier molecular flexibility index (Phi) is 6.01. The van der Waals surface area contributed by atoms with Crippen molar-refractivity contribution < 1.29 is 17.9 Å². The average molecular weight is 340 g/mol. The molecule has 1 N–H and O–H groups in total. The number of benzene rings is 1. The van der Waals surface area contributed by atoms with Gasteiger partial charge in [-0.05, 0) is 32.5 Å². The summed E-state index contributed by atoms with van der Waals surface area (Å²) in [5, 5.41) is 2.78. The van der Waals surface area contributed by atoms with Gasteiger partial charge in [0.2, 0.25) is 5.91 Å². The molecular weight excluding hydrogens is 316 g/mol. The molecule has 23 heavy (non-hydrogen) atoms. The molecule has 1 heterocycles. The molecule has 1 unspecified atom stereocenters. The number of aryl methyl sites for hydroxylation is 1. The van der Waals surface area contributed by atoms with E-state index in [0.717, 1.165) is 5.75 Å². The minimum absolute atomic E-state index is 0.0546. The van der Waals surface area contributed by atoms with E-state index in [1.807, 2.05) is 43.1 Å². The molecule has 0 saturated carbocycles. The third-order valence-electron chi connectivity index (χ3n) is 3.77. The molecule has 1 fully saturated rings. The Morgan fingerprint density at radius 1 is 1.35 bits per heavy atom. The normalized spacial score (nSPS) is 19.7. The first-order valence-corrected chi connectivity index (χ1v) is 9.54. The monoisotopic (exact) mass is 340 g/mol. The largest absolute Gasteiger partial charge is 0.492 e. The fourth-order valence-electron chi connectivity index (χ4n) is 2.46. The number of sulfone groups is 1. The Balaban J connectivity index is 1.65. The highest BCUT2D eigenvalue weighted by Gasteiger charge is 2.28. The number of hydrogen-bond acceptors (Lipinski definition) is 5. The summed E-state index contributed by atoms with van der Waals surface area (Å²) in [4.78, 5) is 13.8. The zero-order chi connectivity index (χ0) is 16.9. The van der Waals surface area contributed by atoms with Gasteiger partial charge < -0.3 is 10.1 Å². The summed E-state index contributed by atoms with van der Waals surface area (Å²) in [6.07, 6.45) is 0.508. The second kappa shape index (κ2) is 7.79. The molecular formula is C16H24N2O4S. The number of rotatable bonds is 7. The zero-order valence-electron chi connectivity index (χ0n) is 13.6. The second-order valence-electron chi connectivity index (χ2n) is 6.07. The Hall–Kier alpha value is -1.60. The number of ether oxygens (including phenoxy) is 1. The topological polar surface area (TPSA) is 75.7 Å². The summed E-state index contributed by atoms with van der Waals surface area (Å²) in [5.41, 5.74) is 1.18. The molecule has 0 spiro atoms. The molecule has 1 saturated heterocycles. The molecule has 1 aliphatic rings. The van der Waals surface area contributed by atoms with E-state index in [0.29, 0.717) is 19.6 Å². The van der Waals surface area contributed by atoms with Crippen LogP contribution in [-0.4, -0.2) is 63.5 Å². The van der Waals surface area contributed by atoms with Crippen molar-refractivity contribution >= 4 is 15.7 Å². The molecule has 1 amide bonds. The molecule has 128 valence electrons. The number of carbonyl (C=O) groups is 1. The van der Waals surface area contributed by atoms with Crippen LogP contribution in [0.25, 0.3) is 0 Å². The lowest BCUT2D eigenvalue weighted by Gasteiger charge is -2.18. The van der Waals surface area contributed by atoms with E-state index in [4.69, 9.17) is 4.74 Å². The molecule has 1 atom stereocenters. The summed E-state index contributed by atoms with van der Waals surface area (Å²) < 4.78 is 28.3. The van der Waals surface area contributed by atoms with Gasteiger partial charge in [0.05, 0.1) is 18.1 Å². The standard InChI is InChI=1S/C16H24N2O4S/c1-13-3-5-15(6-4-13)22-9-8-18(2)11-16(19)17-14-7-10-23(20,21)12-14/h3-6,14H,7-12H2,1-2H3,(H,17,19). The van der Waals surface area contributed by atoms with E-state index in [9.17, 15) is 13.2 Å². The maximum atomic E-state index is 11.9. The van der Waals surface area contributed by atoms with E-state index in [1.54, 1.807) is 0 Å². The highest BCUT2D eigenvalue weighted by atomic mass is 32.2. The fourth-order valence-corrected chi connectivity index (χ4v) is 4.13. The lowest BCUT2D eigenvalue weighted by Crippen LogP contribution is -2.42. The van der Waals surface area contributed by atoms with Gasteiger partial charge in [-0.3, -0.25) is 9.69 Å². The summed E-state index contributed by atoms with van der Waals surface area (Å²) in [5.74, 6) is 0.881. The van der Waals surface area contributed by atoms with Crippen molar-refractivity contribution in [2.45, 2.75) is 19.4 Å². The molecule has 1 aromatic carbocycles. The third kappa shape index (κ3) is 6.19. The van der Waals surface area contributed by atoms with Crippen molar-refractivity contribution in [3.8, 4) is 5.75 Å². The van der Waals surface area contributed by atoms with Gasteiger partial charge >= 0.3 is 0 Å². The number of nitrogens with zero attached hydrogens (tertiary/aromatic N) is 1. The van der Waals surface area contributed by atoms with Crippen LogP contribution in [0.1, 0.15) is 12.0 Å². The van der Waals surface area contributed by atoms with Gasteiger partial charge in [-0.1, -0.05) is 17.7 Å². The predicted octanol–water partition coefficient (Wildman–Crippen LogP) is 0.609. The highest BCUT2D eigenvalue weighted by molar-refractivity contribution is 7.91. The third-order valence-corrected chi connectivity index (χ3v) is 5.54. The van der Waals surface area contributed by atoms with E-state index < -0.39 is 9.84 Å². The molecule has 2 rings (SSSR count). The van der Waals surface area contributed by atoms with Crippen molar-refractivity contribution in [2.24, 2.45) is 0 Å². The van der Waals surface area contributed by atoms with Gasteiger partial charge in [-0.2, -0.15) is 0 Å². The number of amides is 1. The van der Waals surface area contributed by atoms with Crippen LogP contribution in [0.15, 0.2) is 24.3 Å². The Bertz CT molecular complexity index is 628. The van der Waals surface area contributed by atoms with Gasteiger partial charge in [0.1, 0.15) is 12.4 Å². The van der Waals surface area contributed by atoms with Gasteiger partial charge in [0.25, 0.3) is 0 Å². The fraction of sp³-hybridized carbons (Fsp3) is 0.562. The highest BCUT2D eigenvalue weighted by Crippen LogP contribution is 2.12. The number of hydrogen-bond donors (Lipinski definition) is 1. The lowest BCUT2D eigenvalue weighted by atomic mass is 10.2. The van der Waals surface area contributed by atoms with E-state index >= 15 is 0 Å². The van der Waals surface area contributed by atoms with Gasteiger partial charge in [-0.15, -0.1) is 0 Å². The predicted molar refractivity (Wildman–Crippen MR) is 89.4 cm³/mol. The summed E-state index contributed by atoms with van der Waals surface area (Å²) in [6.45, 7) is 3.36. The molecule has 0 bridgehead atoms. The first kappa shape index (κ1) is 17.7. The van der Waals surface area contributed by atoms with E-state index in [2.05, 4.69) is 5.32 Å². The summed E-state index contributed by atoms with van der Waals surface area (Å²) in [6, 6.07) is 7.57. The SMILES string of the molecule is Cc1ccc(OCCN(C)CC(=O)NC2CCS(=O)(=O)C2)cc1. The van der Waals surface area contributed by atoms with Gasteiger partial charge in [-0.25, -0.2) is 8.42 Å². The summed E-state index contributed by atoms with van der Waals surface area (Å²) >= 11 is 0. The Morgan fingerprint density at radius 3 is 2.65 bits per heavy atom.